The molecule has 3 aromatic rings. The monoisotopic (exact) mass is 456 g/mol. The topological polar surface area (TPSA) is 75.5 Å². The van der Waals surface area contributed by atoms with Gasteiger partial charge >= 0.3 is 0 Å². The molecule has 1 aliphatic heterocycles. The minimum absolute atomic E-state index is 0.0109. The summed E-state index contributed by atoms with van der Waals surface area (Å²) in [6, 6.07) is 6.03. The van der Waals surface area contributed by atoms with Gasteiger partial charge in [-0.1, -0.05) is 17.7 Å². The summed E-state index contributed by atoms with van der Waals surface area (Å²) in [5, 5.41) is 9.29. The number of likely N-dealkylation sites (tertiary alicyclic amines) is 1. The average Bonchev–Trinajstić information content (AvgIpc) is 3.44. The molecular weight excluding hydrogens is 428 g/mol. The quantitative estimate of drug-likeness (QED) is 0.586. The molecule has 1 aliphatic rings. The Labute approximate surface area is 193 Å². The number of methoxy groups -OCH3 is 1. The number of hydrogen-bond acceptors (Lipinski definition) is 6. The van der Waals surface area contributed by atoms with Crippen molar-refractivity contribution in [1.82, 2.24) is 24.6 Å². The lowest BCUT2D eigenvalue weighted by Crippen LogP contribution is -2.34. The Morgan fingerprint density at radius 3 is 2.81 bits per heavy atom. The number of amides is 1. The summed E-state index contributed by atoms with van der Waals surface area (Å²) in [5.41, 5.74) is 3.05. The largest absolute Gasteiger partial charge is 0.495 e. The number of ether oxygens (including phenoxy) is 1. The van der Waals surface area contributed by atoms with Crippen LogP contribution in [0.1, 0.15) is 29.3 Å². The van der Waals surface area contributed by atoms with Crippen LogP contribution in [-0.4, -0.2) is 70.8 Å². The van der Waals surface area contributed by atoms with Crippen LogP contribution >= 0.6 is 11.6 Å². The van der Waals surface area contributed by atoms with Gasteiger partial charge in [0.1, 0.15) is 5.75 Å². The third-order valence-corrected chi connectivity index (χ3v) is 6.36. The fraction of sp³-hybridized carbons (Fsp3) is 0.435. The van der Waals surface area contributed by atoms with Crippen LogP contribution in [0.25, 0.3) is 11.0 Å². The van der Waals surface area contributed by atoms with Crippen LogP contribution in [0.4, 0.5) is 5.69 Å². The molecule has 170 valence electrons. The van der Waals surface area contributed by atoms with Gasteiger partial charge in [-0.3, -0.25) is 4.79 Å². The van der Waals surface area contributed by atoms with Gasteiger partial charge in [0.15, 0.2) is 5.65 Å². The van der Waals surface area contributed by atoms with E-state index in [-0.39, 0.29) is 5.91 Å². The Balaban J connectivity index is 1.66. The molecule has 0 radical (unpaired) electrons. The number of rotatable bonds is 7. The molecule has 32 heavy (non-hydrogen) atoms. The van der Waals surface area contributed by atoms with Crippen molar-refractivity contribution in [1.29, 1.82) is 0 Å². The van der Waals surface area contributed by atoms with E-state index in [9.17, 15) is 4.79 Å². The Morgan fingerprint density at radius 2 is 2.16 bits per heavy atom. The third-order valence-electron chi connectivity index (χ3n) is 6.06. The summed E-state index contributed by atoms with van der Waals surface area (Å²) in [6.45, 7) is 4.67. The van der Waals surface area contributed by atoms with E-state index < -0.39 is 0 Å². The molecule has 8 nitrogen and oxygen atoms in total. The maximum absolute atomic E-state index is 13.5. The second-order valence-corrected chi connectivity index (χ2v) is 8.63. The van der Waals surface area contributed by atoms with Crippen LogP contribution < -0.4 is 10.1 Å². The molecule has 1 fully saturated rings. The highest BCUT2D eigenvalue weighted by Crippen LogP contribution is 2.30. The van der Waals surface area contributed by atoms with Crippen LogP contribution in [0, 0.1) is 0 Å². The van der Waals surface area contributed by atoms with Gasteiger partial charge in [-0.2, -0.15) is 5.10 Å². The molecule has 0 saturated carbocycles. The van der Waals surface area contributed by atoms with Crippen molar-refractivity contribution in [3.8, 4) is 5.75 Å². The molecule has 0 aliphatic carbocycles. The lowest BCUT2D eigenvalue weighted by atomic mass is 10.1. The summed E-state index contributed by atoms with van der Waals surface area (Å²) in [5.74, 6) is 0.620. The first-order chi connectivity index (χ1) is 15.4. The molecular formula is C23H29ClN6O2. The molecule has 2 aromatic heterocycles. The maximum atomic E-state index is 13.5. The van der Waals surface area contributed by atoms with Gasteiger partial charge in [0, 0.05) is 38.4 Å². The first-order valence-corrected chi connectivity index (χ1v) is 11.2. The van der Waals surface area contributed by atoms with Gasteiger partial charge < -0.3 is 19.9 Å². The molecule has 3 heterocycles. The zero-order chi connectivity index (χ0) is 22.8. The number of likely N-dealkylation sites (N-methyl/N-ethyl adjacent to an activating group) is 1. The number of halogens is 1. The Kier molecular flexibility index (Phi) is 6.53. The Morgan fingerprint density at radius 1 is 1.34 bits per heavy atom. The van der Waals surface area contributed by atoms with Crippen molar-refractivity contribution in [2.24, 2.45) is 0 Å². The van der Waals surface area contributed by atoms with Crippen molar-refractivity contribution in [3.05, 3.63) is 46.7 Å². The number of nitrogens with one attached hydrogen (secondary N) is 1. The number of anilines is 1. The minimum Gasteiger partial charge on any atom is -0.495 e. The lowest BCUT2D eigenvalue weighted by Gasteiger charge is -2.22. The number of aromatic nitrogens is 3. The highest BCUT2D eigenvalue weighted by atomic mass is 35.5. The Hall–Kier alpha value is -2.84. The second kappa shape index (κ2) is 9.34. The number of fused-ring (bicyclic) bond motifs is 1. The average molecular weight is 457 g/mol. The van der Waals surface area contributed by atoms with E-state index in [0.29, 0.717) is 42.0 Å². The second-order valence-electron chi connectivity index (χ2n) is 8.22. The molecule has 1 amide bonds. The highest BCUT2D eigenvalue weighted by Gasteiger charge is 2.30. The molecule has 1 N–H and O–H groups in total. The van der Waals surface area contributed by atoms with Gasteiger partial charge in [-0.05, 0) is 45.1 Å². The van der Waals surface area contributed by atoms with Crippen LogP contribution in [0.15, 0.2) is 30.6 Å². The van der Waals surface area contributed by atoms with Crippen LogP contribution in [0.5, 0.6) is 5.75 Å². The molecule has 9 heteroatoms. The zero-order valence-electron chi connectivity index (χ0n) is 18.9. The predicted molar refractivity (Wildman–Crippen MR) is 127 cm³/mol. The number of carbonyl (C=O) groups excluding carboxylic acids is 1. The fourth-order valence-electron chi connectivity index (χ4n) is 4.14. The van der Waals surface area contributed by atoms with E-state index in [1.54, 1.807) is 19.5 Å². The van der Waals surface area contributed by atoms with Gasteiger partial charge in [0.05, 0.1) is 35.0 Å². The summed E-state index contributed by atoms with van der Waals surface area (Å²) >= 11 is 6.29. The fourth-order valence-corrected chi connectivity index (χ4v) is 4.42. The lowest BCUT2D eigenvalue weighted by molar-refractivity contribution is 0.0783. The van der Waals surface area contributed by atoms with Crippen LogP contribution in [0.3, 0.4) is 0 Å². The van der Waals surface area contributed by atoms with E-state index in [0.717, 1.165) is 35.2 Å². The zero-order valence-corrected chi connectivity index (χ0v) is 19.7. The normalized spacial score (nSPS) is 16.2. The summed E-state index contributed by atoms with van der Waals surface area (Å²) in [4.78, 5) is 22.1. The molecule has 0 spiro atoms. The maximum Gasteiger partial charge on any atom is 0.257 e. The highest BCUT2D eigenvalue weighted by molar-refractivity contribution is 6.32. The van der Waals surface area contributed by atoms with E-state index in [1.807, 2.05) is 34.7 Å². The van der Waals surface area contributed by atoms with Crippen molar-refractivity contribution >= 4 is 34.2 Å². The van der Waals surface area contributed by atoms with Crippen molar-refractivity contribution in [2.45, 2.75) is 32.5 Å². The van der Waals surface area contributed by atoms with E-state index in [4.69, 9.17) is 16.3 Å². The van der Waals surface area contributed by atoms with Crippen LogP contribution in [-0.2, 0) is 13.1 Å². The van der Waals surface area contributed by atoms with Gasteiger partial charge in [-0.25, -0.2) is 9.67 Å². The van der Waals surface area contributed by atoms with E-state index in [2.05, 4.69) is 34.4 Å². The summed E-state index contributed by atoms with van der Waals surface area (Å²) < 4.78 is 7.07. The first-order valence-electron chi connectivity index (χ1n) is 10.8. The van der Waals surface area contributed by atoms with Crippen molar-refractivity contribution in [2.75, 3.05) is 39.6 Å². The molecule has 1 saturated heterocycles. The van der Waals surface area contributed by atoms with Gasteiger partial charge in [-0.15, -0.1) is 0 Å². The molecule has 1 aromatic carbocycles. The summed E-state index contributed by atoms with van der Waals surface area (Å²) in [6.07, 6.45) is 4.42. The minimum atomic E-state index is -0.0109. The van der Waals surface area contributed by atoms with Gasteiger partial charge in [0.25, 0.3) is 5.91 Å². The molecule has 0 bridgehead atoms. The molecule has 1 atom stereocenters. The first kappa shape index (κ1) is 22.4. The number of pyridine rings is 1. The SMILES string of the molecule is CCn1ncc2c(NCc3ccc(OC)c(Cl)c3)c(C(=O)N3CCC(N(C)C)C3)cnc21. The van der Waals surface area contributed by atoms with Crippen molar-refractivity contribution < 1.29 is 9.53 Å². The Bertz CT molecular complexity index is 1130. The third kappa shape index (κ3) is 4.25. The number of aryl methyl sites for hydroxylation is 1. The van der Waals surface area contributed by atoms with Crippen LogP contribution in [0.2, 0.25) is 5.02 Å². The van der Waals surface area contributed by atoms with E-state index in [1.165, 1.54) is 0 Å². The number of carbonyl (C=O) groups is 1. The van der Waals surface area contributed by atoms with Crippen molar-refractivity contribution in [3.63, 3.8) is 0 Å². The van der Waals surface area contributed by atoms with E-state index >= 15 is 0 Å². The number of hydrogen-bond donors (Lipinski definition) is 1. The predicted octanol–water partition coefficient (Wildman–Crippen LogP) is 3.50. The molecule has 1 unspecified atom stereocenters. The molecule has 4 rings (SSSR count). The standard InChI is InChI=1S/C23H29ClN6O2/c1-5-30-22-17(13-27-30)21(25-11-15-6-7-20(32-4)19(24)10-15)18(12-26-22)23(31)29-9-8-16(14-29)28(2)3/h6-7,10,12-13,16H,5,8-9,11,14H2,1-4H3,(H,25,26). The smallest absolute Gasteiger partial charge is 0.257 e. The summed E-state index contributed by atoms with van der Waals surface area (Å²) in [7, 11) is 5.70. The number of benzene rings is 1. The van der Waals surface area contributed by atoms with Gasteiger partial charge in [0.2, 0.25) is 0 Å². The number of nitrogens with zero attached hydrogens (tertiary/aromatic N) is 5.